The maximum absolute atomic E-state index is 12.9. The van der Waals surface area contributed by atoms with E-state index in [1.165, 1.54) is 6.20 Å². The van der Waals surface area contributed by atoms with Gasteiger partial charge in [-0.1, -0.05) is 11.6 Å². The Morgan fingerprint density at radius 3 is 2.84 bits per heavy atom. The molecular formula is C12H13BrF3N3. The molecule has 0 fully saturated rings. The summed E-state index contributed by atoms with van der Waals surface area (Å²) in [6, 6.07) is 1.03. The molecule has 1 aliphatic rings. The predicted octanol–water partition coefficient (Wildman–Crippen LogP) is 3.19. The van der Waals surface area contributed by atoms with E-state index in [9.17, 15) is 13.2 Å². The molecule has 0 aromatic carbocycles. The van der Waals surface area contributed by atoms with Gasteiger partial charge in [0, 0.05) is 23.8 Å². The number of anilines is 1. The molecule has 19 heavy (non-hydrogen) atoms. The van der Waals surface area contributed by atoms with Gasteiger partial charge in [0.15, 0.2) is 0 Å². The van der Waals surface area contributed by atoms with Crippen LogP contribution >= 0.6 is 15.9 Å². The van der Waals surface area contributed by atoms with Crippen molar-refractivity contribution < 1.29 is 13.2 Å². The Bertz CT molecular complexity index is 486. The van der Waals surface area contributed by atoms with E-state index in [1.54, 1.807) is 0 Å². The predicted molar refractivity (Wildman–Crippen MR) is 71.0 cm³/mol. The maximum Gasteiger partial charge on any atom is 0.419 e. The molecule has 0 amide bonds. The molecule has 0 bridgehead atoms. The summed E-state index contributed by atoms with van der Waals surface area (Å²) < 4.78 is 38.9. The highest BCUT2D eigenvalue weighted by molar-refractivity contribution is 9.10. The molecule has 1 aliphatic heterocycles. The summed E-state index contributed by atoms with van der Waals surface area (Å²) in [4.78, 5) is 3.81. The standard InChI is InChI=1S/C12H13BrF3N3/c13-9-5-10(12(14,15)16)11(19-7-9)18-6-8-1-3-17-4-2-8/h1,5,7,17H,2-4,6H2,(H,18,19). The molecule has 3 nitrogen and oxygen atoms in total. The second-order valence-corrected chi connectivity index (χ2v) is 5.13. The molecule has 2 N–H and O–H groups in total. The molecular weight excluding hydrogens is 323 g/mol. The number of alkyl halides is 3. The minimum Gasteiger partial charge on any atom is -0.366 e. The summed E-state index contributed by atoms with van der Waals surface area (Å²) in [5.74, 6) is -0.130. The molecule has 7 heteroatoms. The third-order valence-corrected chi connectivity index (χ3v) is 3.23. The summed E-state index contributed by atoms with van der Waals surface area (Å²) in [7, 11) is 0. The van der Waals surface area contributed by atoms with Crippen molar-refractivity contribution in [1.82, 2.24) is 10.3 Å². The van der Waals surface area contributed by atoms with E-state index in [-0.39, 0.29) is 5.82 Å². The second kappa shape index (κ2) is 5.92. The average Bonchev–Trinajstić information content (AvgIpc) is 2.37. The van der Waals surface area contributed by atoms with Crippen molar-refractivity contribution in [2.75, 3.05) is 25.0 Å². The second-order valence-electron chi connectivity index (χ2n) is 4.22. The van der Waals surface area contributed by atoms with Crippen molar-refractivity contribution in [2.24, 2.45) is 0 Å². The van der Waals surface area contributed by atoms with Crippen LogP contribution in [0.1, 0.15) is 12.0 Å². The number of aromatic nitrogens is 1. The number of nitrogens with zero attached hydrogens (tertiary/aromatic N) is 1. The monoisotopic (exact) mass is 335 g/mol. The summed E-state index contributed by atoms with van der Waals surface area (Å²) in [6.45, 7) is 2.00. The summed E-state index contributed by atoms with van der Waals surface area (Å²) in [5.41, 5.74) is 0.341. The van der Waals surface area contributed by atoms with Gasteiger partial charge in [-0.3, -0.25) is 0 Å². The molecule has 0 atom stereocenters. The van der Waals surface area contributed by atoms with E-state index in [0.29, 0.717) is 11.0 Å². The first-order valence-corrected chi connectivity index (χ1v) is 6.61. The zero-order valence-corrected chi connectivity index (χ0v) is 11.6. The third-order valence-electron chi connectivity index (χ3n) is 2.80. The smallest absolute Gasteiger partial charge is 0.366 e. The minimum atomic E-state index is -4.42. The van der Waals surface area contributed by atoms with Crippen LogP contribution in [-0.4, -0.2) is 24.6 Å². The Labute approximate surface area is 117 Å². The van der Waals surface area contributed by atoms with E-state index >= 15 is 0 Å². The molecule has 0 saturated carbocycles. The van der Waals surface area contributed by atoms with Crippen molar-refractivity contribution in [3.8, 4) is 0 Å². The van der Waals surface area contributed by atoms with Gasteiger partial charge >= 0.3 is 6.18 Å². The van der Waals surface area contributed by atoms with Crippen molar-refractivity contribution in [1.29, 1.82) is 0 Å². The fraction of sp³-hybridized carbons (Fsp3) is 0.417. The Morgan fingerprint density at radius 1 is 1.42 bits per heavy atom. The van der Waals surface area contributed by atoms with Gasteiger partial charge in [-0.2, -0.15) is 13.2 Å². The number of hydrogen-bond acceptors (Lipinski definition) is 3. The van der Waals surface area contributed by atoms with Gasteiger partial charge in [0.2, 0.25) is 0 Å². The van der Waals surface area contributed by atoms with E-state index in [0.717, 1.165) is 31.1 Å². The van der Waals surface area contributed by atoms with Crippen LogP contribution in [-0.2, 0) is 6.18 Å². The van der Waals surface area contributed by atoms with Crippen molar-refractivity contribution in [3.05, 3.63) is 33.9 Å². The minimum absolute atomic E-state index is 0.130. The Kier molecular flexibility index (Phi) is 4.46. The van der Waals surface area contributed by atoms with Crippen molar-refractivity contribution in [3.63, 3.8) is 0 Å². The van der Waals surface area contributed by atoms with Crippen LogP contribution in [0.2, 0.25) is 0 Å². The quantitative estimate of drug-likeness (QED) is 0.833. The summed E-state index contributed by atoms with van der Waals surface area (Å²) in [5, 5.41) is 5.92. The molecule has 0 aliphatic carbocycles. The lowest BCUT2D eigenvalue weighted by atomic mass is 10.1. The van der Waals surface area contributed by atoms with Crippen LogP contribution in [0.25, 0.3) is 0 Å². The van der Waals surface area contributed by atoms with Gasteiger partial charge in [0.25, 0.3) is 0 Å². The lowest BCUT2D eigenvalue weighted by Gasteiger charge is -2.17. The number of pyridine rings is 1. The van der Waals surface area contributed by atoms with Gasteiger partial charge in [-0.05, 0) is 35.0 Å². The highest BCUT2D eigenvalue weighted by Crippen LogP contribution is 2.35. The van der Waals surface area contributed by atoms with Crippen LogP contribution in [0.4, 0.5) is 19.0 Å². The van der Waals surface area contributed by atoms with Gasteiger partial charge in [0.05, 0.1) is 5.56 Å². The molecule has 104 valence electrons. The van der Waals surface area contributed by atoms with E-state index in [4.69, 9.17) is 0 Å². The highest BCUT2D eigenvalue weighted by atomic mass is 79.9. The largest absolute Gasteiger partial charge is 0.419 e. The van der Waals surface area contributed by atoms with Gasteiger partial charge in [-0.15, -0.1) is 0 Å². The van der Waals surface area contributed by atoms with Crippen LogP contribution in [0.15, 0.2) is 28.4 Å². The molecule has 0 saturated heterocycles. The lowest BCUT2D eigenvalue weighted by molar-refractivity contribution is -0.137. The topological polar surface area (TPSA) is 37.0 Å². The first kappa shape index (κ1) is 14.3. The zero-order chi connectivity index (χ0) is 13.9. The van der Waals surface area contributed by atoms with Gasteiger partial charge in [-0.25, -0.2) is 4.98 Å². The number of hydrogen-bond donors (Lipinski definition) is 2. The van der Waals surface area contributed by atoms with Crippen LogP contribution < -0.4 is 10.6 Å². The molecule has 2 heterocycles. The average molecular weight is 336 g/mol. The van der Waals surface area contributed by atoms with Crippen LogP contribution in [0.5, 0.6) is 0 Å². The van der Waals surface area contributed by atoms with Gasteiger partial charge in [0.1, 0.15) is 5.82 Å². The molecule has 1 aromatic rings. The first-order valence-electron chi connectivity index (χ1n) is 5.82. The highest BCUT2D eigenvalue weighted by Gasteiger charge is 2.34. The lowest BCUT2D eigenvalue weighted by Crippen LogP contribution is -2.23. The molecule has 2 rings (SSSR count). The Balaban J connectivity index is 2.13. The fourth-order valence-electron chi connectivity index (χ4n) is 1.82. The van der Waals surface area contributed by atoms with Crippen LogP contribution in [0.3, 0.4) is 0 Å². The Hall–Kier alpha value is -1.08. The van der Waals surface area contributed by atoms with Crippen LogP contribution in [0, 0.1) is 0 Å². The normalized spacial score (nSPS) is 16.1. The number of halogens is 4. The third kappa shape index (κ3) is 3.94. The number of rotatable bonds is 3. The Morgan fingerprint density at radius 2 is 2.21 bits per heavy atom. The number of nitrogens with one attached hydrogen (secondary N) is 2. The SMILES string of the molecule is FC(F)(F)c1cc(Br)cnc1NCC1=CCNCC1. The van der Waals surface area contributed by atoms with E-state index in [2.05, 4.69) is 31.5 Å². The van der Waals surface area contributed by atoms with E-state index < -0.39 is 11.7 Å². The van der Waals surface area contributed by atoms with E-state index in [1.807, 2.05) is 6.08 Å². The van der Waals surface area contributed by atoms with Crippen molar-refractivity contribution in [2.45, 2.75) is 12.6 Å². The van der Waals surface area contributed by atoms with Crippen molar-refractivity contribution >= 4 is 21.7 Å². The van der Waals surface area contributed by atoms with Gasteiger partial charge < -0.3 is 10.6 Å². The fourth-order valence-corrected chi connectivity index (χ4v) is 2.15. The molecule has 0 unspecified atom stereocenters. The zero-order valence-electron chi connectivity index (χ0n) is 10.0. The summed E-state index contributed by atoms with van der Waals surface area (Å²) in [6.07, 6.45) is -0.233. The molecule has 1 aromatic heterocycles. The molecule has 0 radical (unpaired) electrons. The first-order chi connectivity index (χ1) is 8.97. The molecule has 0 spiro atoms. The summed E-state index contributed by atoms with van der Waals surface area (Å²) >= 11 is 3.01. The maximum atomic E-state index is 12.9.